The lowest BCUT2D eigenvalue weighted by Crippen LogP contribution is -2.14. The van der Waals surface area contributed by atoms with Gasteiger partial charge in [0.1, 0.15) is 5.01 Å². The van der Waals surface area contributed by atoms with Crippen LogP contribution in [0, 0.1) is 5.92 Å². The van der Waals surface area contributed by atoms with Gasteiger partial charge in [-0.05, 0) is 31.2 Å². The average Bonchev–Trinajstić information content (AvgIpc) is 2.94. The Kier molecular flexibility index (Phi) is 4.36. The van der Waals surface area contributed by atoms with Crippen molar-refractivity contribution in [3.8, 4) is 0 Å². The summed E-state index contributed by atoms with van der Waals surface area (Å²) < 4.78 is 0. The molecular weight excluding hydrogens is 216 g/mol. The predicted molar refractivity (Wildman–Crippen MR) is 69.9 cm³/mol. The Morgan fingerprint density at radius 2 is 2.31 bits per heavy atom. The molecule has 1 aliphatic rings. The van der Waals surface area contributed by atoms with Crippen LogP contribution in [0.15, 0.2) is 6.20 Å². The Morgan fingerprint density at radius 1 is 1.50 bits per heavy atom. The minimum atomic E-state index is 0.612. The Balaban J connectivity index is 1.60. The normalized spacial score (nSPS) is 15.9. The number of nitrogens with zero attached hydrogens (tertiary/aromatic N) is 1. The SMILES string of the molecule is CC(C)c1cnc(CNCCCC2CC2)s1. The van der Waals surface area contributed by atoms with E-state index in [1.807, 2.05) is 17.5 Å². The lowest BCUT2D eigenvalue weighted by atomic mass is 10.2. The summed E-state index contributed by atoms with van der Waals surface area (Å²) in [7, 11) is 0. The summed E-state index contributed by atoms with van der Waals surface area (Å²) in [6, 6.07) is 0. The molecule has 1 fully saturated rings. The monoisotopic (exact) mass is 238 g/mol. The quantitative estimate of drug-likeness (QED) is 0.735. The minimum absolute atomic E-state index is 0.612. The molecule has 0 amide bonds. The molecule has 2 nitrogen and oxygen atoms in total. The van der Waals surface area contributed by atoms with Gasteiger partial charge in [0.05, 0.1) is 0 Å². The summed E-state index contributed by atoms with van der Waals surface area (Å²) in [5.41, 5.74) is 0. The Morgan fingerprint density at radius 3 is 2.94 bits per heavy atom. The third kappa shape index (κ3) is 3.87. The van der Waals surface area contributed by atoms with Crippen molar-refractivity contribution >= 4 is 11.3 Å². The lowest BCUT2D eigenvalue weighted by molar-refractivity contribution is 0.593. The molecule has 3 heteroatoms. The van der Waals surface area contributed by atoms with Crippen molar-refractivity contribution in [2.75, 3.05) is 6.54 Å². The van der Waals surface area contributed by atoms with E-state index in [1.54, 1.807) is 0 Å². The molecule has 16 heavy (non-hydrogen) atoms. The van der Waals surface area contributed by atoms with Crippen molar-refractivity contribution < 1.29 is 0 Å². The van der Waals surface area contributed by atoms with Crippen molar-refractivity contribution in [3.63, 3.8) is 0 Å². The Labute approximate surface area is 102 Å². The van der Waals surface area contributed by atoms with Crippen molar-refractivity contribution in [3.05, 3.63) is 16.1 Å². The van der Waals surface area contributed by atoms with Crippen LogP contribution in [0.3, 0.4) is 0 Å². The largest absolute Gasteiger partial charge is 0.310 e. The first-order valence-electron chi connectivity index (χ1n) is 6.41. The standard InChI is InChI=1S/C13H22N2S/c1-10(2)12-8-15-13(16-12)9-14-7-3-4-11-5-6-11/h8,10-11,14H,3-7,9H2,1-2H3. The second kappa shape index (κ2) is 5.78. The fourth-order valence-corrected chi connectivity index (χ4v) is 2.68. The molecule has 1 saturated carbocycles. The number of hydrogen-bond donors (Lipinski definition) is 1. The topological polar surface area (TPSA) is 24.9 Å². The molecule has 90 valence electrons. The van der Waals surface area contributed by atoms with E-state index in [0.29, 0.717) is 5.92 Å². The third-order valence-corrected chi connectivity index (χ3v) is 4.38. The Hall–Kier alpha value is -0.410. The van der Waals surface area contributed by atoms with E-state index < -0.39 is 0 Å². The maximum absolute atomic E-state index is 4.44. The minimum Gasteiger partial charge on any atom is -0.310 e. The lowest BCUT2D eigenvalue weighted by Gasteiger charge is -2.01. The number of aromatic nitrogens is 1. The molecule has 0 bridgehead atoms. The Bertz CT molecular complexity index is 315. The second-order valence-corrected chi connectivity index (χ2v) is 6.22. The second-order valence-electron chi connectivity index (χ2n) is 5.07. The van der Waals surface area contributed by atoms with E-state index in [0.717, 1.165) is 19.0 Å². The molecule has 0 unspecified atom stereocenters. The fraction of sp³-hybridized carbons (Fsp3) is 0.769. The number of nitrogens with one attached hydrogen (secondary N) is 1. The van der Waals surface area contributed by atoms with Crippen LogP contribution in [0.5, 0.6) is 0 Å². The zero-order valence-corrected chi connectivity index (χ0v) is 11.1. The van der Waals surface area contributed by atoms with E-state index in [1.165, 1.54) is 35.6 Å². The first-order valence-corrected chi connectivity index (χ1v) is 7.22. The van der Waals surface area contributed by atoms with Gasteiger partial charge >= 0.3 is 0 Å². The van der Waals surface area contributed by atoms with E-state index in [-0.39, 0.29) is 0 Å². The smallest absolute Gasteiger partial charge is 0.107 e. The number of thiazole rings is 1. The van der Waals surface area contributed by atoms with Gasteiger partial charge in [-0.3, -0.25) is 0 Å². The van der Waals surface area contributed by atoms with Gasteiger partial charge in [0, 0.05) is 17.6 Å². The highest BCUT2D eigenvalue weighted by Gasteiger charge is 2.19. The highest BCUT2D eigenvalue weighted by Crippen LogP contribution is 2.33. The number of rotatable bonds is 7. The van der Waals surface area contributed by atoms with Crippen molar-refractivity contribution in [1.29, 1.82) is 0 Å². The molecule has 0 aromatic carbocycles. The van der Waals surface area contributed by atoms with Gasteiger partial charge in [-0.15, -0.1) is 11.3 Å². The first-order chi connectivity index (χ1) is 7.75. The van der Waals surface area contributed by atoms with E-state index >= 15 is 0 Å². The van der Waals surface area contributed by atoms with Crippen molar-refractivity contribution in [2.24, 2.45) is 5.92 Å². The van der Waals surface area contributed by atoms with Gasteiger partial charge in [-0.2, -0.15) is 0 Å². The molecule has 1 aliphatic carbocycles. The molecule has 1 aromatic rings. The molecule has 2 rings (SSSR count). The first kappa shape index (κ1) is 12.1. The van der Waals surface area contributed by atoms with E-state index in [2.05, 4.69) is 24.1 Å². The summed E-state index contributed by atoms with van der Waals surface area (Å²) in [5, 5.41) is 4.72. The van der Waals surface area contributed by atoms with Crippen molar-refractivity contribution in [1.82, 2.24) is 10.3 Å². The third-order valence-electron chi connectivity index (χ3n) is 3.08. The molecule has 0 aliphatic heterocycles. The molecule has 0 atom stereocenters. The van der Waals surface area contributed by atoms with Crippen LogP contribution in [0.4, 0.5) is 0 Å². The highest BCUT2D eigenvalue weighted by molar-refractivity contribution is 7.11. The summed E-state index contributed by atoms with van der Waals surface area (Å²) in [6.45, 7) is 6.54. The zero-order chi connectivity index (χ0) is 11.4. The fourth-order valence-electron chi connectivity index (χ4n) is 1.79. The van der Waals surface area contributed by atoms with Crippen LogP contribution in [-0.4, -0.2) is 11.5 Å². The molecule has 1 N–H and O–H groups in total. The van der Waals surface area contributed by atoms with Crippen LogP contribution >= 0.6 is 11.3 Å². The maximum Gasteiger partial charge on any atom is 0.107 e. The molecule has 0 saturated heterocycles. The van der Waals surface area contributed by atoms with Crippen LogP contribution in [0.25, 0.3) is 0 Å². The van der Waals surface area contributed by atoms with Gasteiger partial charge in [-0.1, -0.05) is 26.7 Å². The number of hydrogen-bond acceptors (Lipinski definition) is 3. The average molecular weight is 238 g/mol. The summed E-state index contributed by atoms with van der Waals surface area (Å²) in [6.07, 6.45) is 7.72. The van der Waals surface area contributed by atoms with Crippen LogP contribution in [-0.2, 0) is 6.54 Å². The van der Waals surface area contributed by atoms with E-state index in [9.17, 15) is 0 Å². The molecule has 1 heterocycles. The summed E-state index contributed by atoms with van der Waals surface area (Å²) in [5.74, 6) is 1.68. The predicted octanol–water partition coefficient (Wildman–Crippen LogP) is 3.55. The van der Waals surface area contributed by atoms with Gasteiger partial charge in [0.15, 0.2) is 0 Å². The summed E-state index contributed by atoms with van der Waals surface area (Å²) in [4.78, 5) is 5.84. The molecule has 0 radical (unpaired) electrons. The maximum atomic E-state index is 4.44. The van der Waals surface area contributed by atoms with Crippen LogP contribution < -0.4 is 5.32 Å². The van der Waals surface area contributed by atoms with Crippen LogP contribution in [0.1, 0.15) is 55.3 Å². The summed E-state index contributed by atoms with van der Waals surface area (Å²) >= 11 is 1.84. The van der Waals surface area contributed by atoms with Gasteiger partial charge in [0.25, 0.3) is 0 Å². The van der Waals surface area contributed by atoms with Crippen molar-refractivity contribution in [2.45, 2.75) is 52.0 Å². The zero-order valence-electron chi connectivity index (χ0n) is 10.3. The molecular formula is C13H22N2S. The van der Waals surface area contributed by atoms with Gasteiger partial charge < -0.3 is 5.32 Å². The van der Waals surface area contributed by atoms with Gasteiger partial charge in [0.2, 0.25) is 0 Å². The van der Waals surface area contributed by atoms with Gasteiger partial charge in [-0.25, -0.2) is 4.98 Å². The molecule has 0 spiro atoms. The molecule has 1 aromatic heterocycles. The highest BCUT2D eigenvalue weighted by atomic mass is 32.1. The van der Waals surface area contributed by atoms with Crippen LogP contribution in [0.2, 0.25) is 0 Å². The van der Waals surface area contributed by atoms with E-state index in [4.69, 9.17) is 0 Å².